The van der Waals surface area contributed by atoms with Gasteiger partial charge in [-0.1, -0.05) is 0 Å². The molecule has 0 spiro atoms. The normalized spacial score (nSPS) is 9.42. The highest BCUT2D eigenvalue weighted by Crippen LogP contribution is 2.09. The molecule has 64 valence electrons. The van der Waals surface area contributed by atoms with Crippen molar-refractivity contribution in [2.24, 2.45) is 0 Å². The minimum absolute atomic E-state index is 0.312. The predicted molar refractivity (Wildman–Crippen MR) is 39.9 cm³/mol. The number of aromatic nitrogens is 2. The van der Waals surface area contributed by atoms with Crippen LogP contribution in [0.4, 0.5) is 0 Å². The lowest BCUT2D eigenvalue weighted by atomic mass is 10.4. The Morgan fingerprint density at radius 2 is 2.50 bits per heavy atom. The first-order valence-electron chi connectivity index (χ1n) is 3.31. The maximum atomic E-state index is 10.1. The van der Waals surface area contributed by atoms with Gasteiger partial charge in [-0.05, 0) is 6.92 Å². The lowest BCUT2D eigenvalue weighted by Crippen LogP contribution is -2.10. The van der Waals surface area contributed by atoms with Gasteiger partial charge in [0, 0.05) is 11.8 Å². The summed E-state index contributed by atoms with van der Waals surface area (Å²) in [6.45, 7) is 1.37. The Kier molecular flexibility index (Phi) is 2.57. The zero-order valence-corrected chi connectivity index (χ0v) is 6.52. The highest BCUT2D eigenvalue weighted by Gasteiger charge is 2.02. The molecule has 12 heavy (non-hydrogen) atoms. The van der Waals surface area contributed by atoms with Gasteiger partial charge >= 0.3 is 5.97 Å². The summed E-state index contributed by atoms with van der Waals surface area (Å²) in [5.74, 6) is -0.708. The van der Waals surface area contributed by atoms with Crippen molar-refractivity contribution < 1.29 is 14.6 Å². The van der Waals surface area contributed by atoms with E-state index in [1.54, 1.807) is 13.1 Å². The van der Waals surface area contributed by atoms with Crippen molar-refractivity contribution >= 4 is 5.97 Å². The van der Waals surface area contributed by atoms with E-state index in [0.29, 0.717) is 5.88 Å². The molecule has 0 saturated carbocycles. The standard InChI is InChI=1S/C7H8N2O3/c1-5-2-8-4-9-7(5)12-3-6(10)11/h2,4H,3H2,1H3,(H,10,11). The third-order valence-electron chi connectivity index (χ3n) is 1.18. The van der Waals surface area contributed by atoms with Crippen LogP contribution in [0.3, 0.4) is 0 Å². The molecule has 0 fully saturated rings. The number of carboxylic acids is 1. The predicted octanol–water partition coefficient (Wildman–Crippen LogP) is 0.248. The number of aryl methyl sites for hydroxylation is 1. The molecule has 0 atom stereocenters. The molecule has 0 aliphatic carbocycles. The molecule has 0 aromatic carbocycles. The summed E-state index contributed by atoms with van der Waals surface area (Å²) in [6, 6.07) is 0. The van der Waals surface area contributed by atoms with Gasteiger partial charge < -0.3 is 9.84 Å². The van der Waals surface area contributed by atoms with Gasteiger partial charge in [-0.2, -0.15) is 0 Å². The quantitative estimate of drug-likeness (QED) is 0.700. The number of hydrogen-bond donors (Lipinski definition) is 1. The first kappa shape index (κ1) is 8.45. The summed E-state index contributed by atoms with van der Waals surface area (Å²) in [7, 11) is 0. The minimum Gasteiger partial charge on any atom is -0.479 e. The Hall–Kier alpha value is -1.65. The van der Waals surface area contributed by atoms with Crippen molar-refractivity contribution in [2.75, 3.05) is 6.61 Å². The summed E-state index contributed by atoms with van der Waals surface area (Å²) in [4.78, 5) is 17.6. The molecule has 0 amide bonds. The highest BCUT2D eigenvalue weighted by molar-refractivity contribution is 5.68. The average molecular weight is 168 g/mol. The van der Waals surface area contributed by atoms with Crippen LogP contribution in [0.2, 0.25) is 0 Å². The van der Waals surface area contributed by atoms with Gasteiger partial charge in [0.15, 0.2) is 6.61 Å². The van der Waals surface area contributed by atoms with Gasteiger partial charge in [0.2, 0.25) is 5.88 Å². The van der Waals surface area contributed by atoms with E-state index in [1.165, 1.54) is 6.33 Å². The van der Waals surface area contributed by atoms with Gasteiger partial charge in [0.1, 0.15) is 6.33 Å². The molecule has 1 aromatic heterocycles. The SMILES string of the molecule is Cc1cncnc1OCC(=O)O. The van der Waals surface area contributed by atoms with Gasteiger partial charge in [-0.3, -0.25) is 0 Å². The Labute approximate surface area is 69.0 Å². The minimum atomic E-state index is -1.02. The molecule has 1 heterocycles. The summed E-state index contributed by atoms with van der Waals surface area (Å²) >= 11 is 0. The Morgan fingerprint density at radius 1 is 1.75 bits per heavy atom. The Morgan fingerprint density at radius 3 is 3.08 bits per heavy atom. The van der Waals surface area contributed by atoms with Gasteiger partial charge in [-0.25, -0.2) is 14.8 Å². The maximum absolute atomic E-state index is 10.1. The monoisotopic (exact) mass is 168 g/mol. The topological polar surface area (TPSA) is 72.3 Å². The molecule has 0 saturated heterocycles. The van der Waals surface area contributed by atoms with Crippen molar-refractivity contribution in [3.05, 3.63) is 18.1 Å². The summed E-state index contributed by atoms with van der Waals surface area (Å²) in [5.41, 5.74) is 0.721. The second kappa shape index (κ2) is 3.66. The van der Waals surface area contributed by atoms with Crippen LogP contribution in [0.25, 0.3) is 0 Å². The van der Waals surface area contributed by atoms with E-state index < -0.39 is 5.97 Å². The number of carboxylic acid groups (broad SMARTS) is 1. The fraction of sp³-hybridized carbons (Fsp3) is 0.286. The van der Waals surface area contributed by atoms with Crippen molar-refractivity contribution in [1.29, 1.82) is 0 Å². The van der Waals surface area contributed by atoms with Crippen LogP contribution in [0.5, 0.6) is 5.88 Å². The third-order valence-corrected chi connectivity index (χ3v) is 1.18. The molecule has 0 aliphatic heterocycles. The third kappa shape index (κ3) is 2.19. The number of hydrogen-bond acceptors (Lipinski definition) is 4. The van der Waals surface area contributed by atoms with Crippen molar-refractivity contribution in [3.8, 4) is 5.88 Å². The molecular weight excluding hydrogens is 160 g/mol. The van der Waals surface area contributed by atoms with Crippen LogP contribution in [0, 0.1) is 6.92 Å². The van der Waals surface area contributed by atoms with E-state index in [-0.39, 0.29) is 6.61 Å². The Balaban J connectivity index is 2.63. The lowest BCUT2D eigenvalue weighted by Gasteiger charge is -2.02. The van der Waals surface area contributed by atoms with Gasteiger partial charge in [0.05, 0.1) is 0 Å². The summed E-state index contributed by atoms with van der Waals surface area (Å²) in [6.07, 6.45) is 2.87. The van der Waals surface area contributed by atoms with Crippen LogP contribution in [-0.2, 0) is 4.79 Å². The molecule has 0 radical (unpaired) electrons. The fourth-order valence-electron chi connectivity index (χ4n) is 0.669. The van der Waals surface area contributed by atoms with Crippen LogP contribution in [0.15, 0.2) is 12.5 Å². The number of nitrogens with zero attached hydrogens (tertiary/aromatic N) is 2. The van der Waals surface area contributed by atoms with Crippen LogP contribution < -0.4 is 4.74 Å². The largest absolute Gasteiger partial charge is 0.479 e. The molecule has 5 heteroatoms. The van der Waals surface area contributed by atoms with Crippen LogP contribution >= 0.6 is 0 Å². The van der Waals surface area contributed by atoms with Crippen molar-refractivity contribution in [1.82, 2.24) is 9.97 Å². The van der Waals surface area contributed by atoms with E-state index in [4.69, 9.17) is 9.84 Å². The molecule has 0 bridgehead atoms. The van der Waals surface area contributed by atoms with E-state index in [1.807, 2.05) is 0 Å². The number of ether oxygens (including phenoxy) is 1. The van der Waals surface area contributed by atoms with E-state index in [2.05, 4.69) is 9.97 Å². The number of rotatable bonds is 3. The summed E-state index contributed by atoms with van der Waals surface area (Å²) < 4.78 is 4.85. The molecular formula is C7H8N2O3. The Bertz CT molecular complexity index is 288. The molecule has 0 aliphatic rings. The summed E-state index contributed by atoms with van der Waals surface area (Å²) in [5, 5.41) is 8.30. The van der Waals surface area contributed by atoms with Crippen molar-refractivity contribution in [2.45, 2.75) is 6.92 Å². The molecule has 1 aromatic rings. The van der Waals surface area contributed by atoms with E-state index in [0.717, 1.165) is 5.56 Å². The first-order chi connectivity index (χ1) is 5.70. The number of carbonyl (C=O) groups is 1. The molecule has 5 nitrogen and oxygen atoms in total. The van der Waals surface area contributed by atoms with Crippen LogP contribution in [-0.4, -0.2) is 27.7 Å². The average Bonchev–Trinajstić information content (AvgIpc) is 2.03. The molecule has 1 rings (SSSR count). The van der Waals surface area contributed by atoms with Gasteiger partial charge in [-0.15, -0.1) is 0 Å². The smallest absolute Gasteiger partial charge is 0.341 e. The zero-order valence-electron chi connectivity index (χ0n) is 6.52. The van der Waals surface area contributed by atoms with E-state index in [9.17, 15) is 4.79 Å². The molecule has 0 unspecified atom stereocenters. The molecule has 1 N–H and O–H groups in total. The van der Waals surface area contributed by atoms with Crippen molar-refractivity contribution in [3.63, 3.8) is 0 Å². The van der Waals surface area contributed by atoms with E-state index >= 15 is 0 Å². The second-order valence-corrected chi connectivity index (χ2v) is 2.19. The van der Waals surface area contributed by atoms with Gasteiger partial charge in [0.25, 0.3) is 0 Å². The fourth-order valence-corrected chi connectivity index (χ4v) is 0.669. The highest BCUT2D eigenvalue weighted by atomic mass is 16.5. The second-order valence-electron chi connectivity index (χ2n) is 2.19. The number of aliphatic carboxylic acids is 1. The van der Waals surface area contributed by atoms with Crippen LogP contribution in [0.1, 0.15) is 5.56 Å². The first-order valence-corrected chi connectivity index (χ1v) is 3.31. The maximum Gasteiger partial charge on any atom is 0.341 e. The lowest BCUT2D eigenvalue weighted by molar-refractivity contribution is -0.139. The zero-order chi connectivity index (χ0) is 8.97.